The lowest BCUT2D eigenvalue weighted by Gasteiger charge is -2.27. The van der Waals surface area contributed by atoms with Gasteiger partial charge in [0.2, 0.25) is 0 Å². The molecule has 1 aliphatic heterocycles. The molecule has 30 heavy (non-hydrogen) atoms. The molecule has 3 aromatic rings. The molecule has 0 bridgehead atoms. The topological polar surface area (TPSA) is 18.5 Å². The van der Waals surface area contributed by atoms with Crippen LogP contribution in [-0.2, 0) is 9.47 Å². The molecule has 4 rings (SSSR count). The molecule has 0 atom stereocenters. The van der Waals surface area contributed by atoms with Gasteiger partial charge in [0.05, 0.1) is 6.16 Å². The van der Waals surface area contributed by atoms with Crippen molar-refractivity contribution in [3.63, 3.8) is 0 Å². The molecule has 0 aliphatic carbocycles. The Bertz CT molecular complexity index is 826. The van der Waals surface area contributed by atoms with Crippen molar-refractivity contribution in [1.29, 1.82) is 0 Å². The minimum atomic E-state index is -1.70. The van der Waals surface area contributed by atoms with Crippen LogP contribution in [0.2, 0.25) is 0 Å². The van der Waals surface area contributed by atoms with E-state index in [1.807, 2.05) is 0 Å². The number of allylic oxidation sites excluding steroid dienone is 1. The molecule has 154 valence electrons. The van der Waals surface area contributed by atoms with Crippen molar-refractivity contribution in [1.82, 2.24) is 0 Å². The van der Waals surface area contributed by atoms with Crippen molar-refractivity contribution in [2.75, 3.05) is 19.4 Å². The second-order valence-corrected chi connectivity index (χ2v) is 11.3. The summed E-state index contributed by atoms with van der Waals surface area (Å²) in [6.45, 7) is 1.35. The molecule has 3 aromatic carbocycles. The fourth-order valence-corrected chi connectivity index (χ4v) is 8.66. The van der Waals surface area contributed by atoms with E-state index in [1.54, 1.807) is 6.26 Å². The standard InChI is InChI=1S/C27H30O2P/c1-6-14-25(15-7-1)30(26-16-8-2-9-17-26,27-18-10-3-11-19-27)22-12-4-5-13-24-23-28-20-21-29-24/h1-3,6-11,14-19,23H,4-5,12-13,20-22H2/q+1. The highest BCUT2D eigenvalue weighted by Gasteiger charge is 2.44. The quantitative estimate of drug-likeness (QED) is 0.341. The Morgan fingerprint density at radius 2 is 1.13 bits per heavy atom. The van der Waals surface area contributed by atoms with E-state index in [2.05, 4.69) is 91.0 Å². The predicted molar refractivity (Wildman–Crippen MR) is 128 cm³/mol. The summed E-state index contributed by atoms with van der Waals surface area (Å²) in [6, 6.07) is 33.4. The van der Waals surface area contributed by atoms with Gasteiger partial charge in [0.25, 0.3) is 0 Å². The van der Waals surface area contributed by atoms with Crippen LogP contribution in [0.15, 0.2) is 103 Å². The Labute approximate surface area is 180 Å². The van der Waals surface area contributed by atoms with E-state index >= 15 is 0 Å². The first-order chi connectivity index (χ1) is 14.9. The first kappa shape index (κ1) is 20.7. The van der Waals surface area contributed by atoms with Crippen LogP contribution in [0.3, 0.4) is 0 Å². The van der Waals surface area contributed by atoms with Crippen LogP contribution in [0.5, 0.6) is 0 Å². The van der Waals surface area contributed by atoms with Gasteiger partial charge in [-0.15, -0.1) is 0 Å². The molecule has 3 heteroatoms. The number of ether oxygens (including phenoxy) is 2. The van der Waals surface area contributed by atoms with E-state index in [9.17, 15) is 0 Å². The zero-order chi connectivity index (χ0) is 20.5. The fourth-order valence-electron chi connectivity index (χ4n) is 4.24. The van der Waals surface area contributed by atoms with Crippen molar-refractivity contribution >= 4 is 23.2 Å². The number of rotatable bonds is 9. The third kappa shape index (κ3) is 4.77. The summed E-state index contributed by atoms with van der Waals surface area (Å²) in [5, 5.41) is 4.40. The molecule has 0 aromatic heterocycles. The minimum Gasteiger partial charge on any atom is -0.494 e. The van der Waals surface area contributed by atoms with Crippen LogP contribution < -0.4 is 15.9 Å². The maximum atomic E-state index is 5.68. The third-order valence-corrected chi connectivity index (χ3v) is 10.2. The Hall–Kier alpha value is -2.57. The smallest absolute Gasteiger partial charge is 0.130 e. The summed E-state index contributed by atoms with van der Waals surface area (Å²) in [4.78, 5) is 0. The number of hydrogen-bond donors (Lipinski definition) is 0. The summed E-state index contributed by atoms with van der Waals surface area (Å²) in [6.07, 6.45) is 7.46. The van der Waals surface area contributed by atoms with Crippen molar-refractivity contribution < 1.29 is 9.47 Å². The van der Waals surface area contributed by atoms with Crippen molar-refractivity contribution in [3.05, 3.63) is 103 Å². The van der Waals surface area contributed by atoms with Crippen LogP contribution in [0.4, 0.5) is 0 Å². The molecule has 0 fully saturated rings. The summed E-state index contributed by atoms with van der Waals surface area (Å²) < 4.78 is 11.1. The normalized spacial score (nSPS) is 13.8. The van der Waals surface area contributed by atoms with Crippen molar-refractivity contribution in [3.8, 4) is 0 Å². The molecule has 0 radical (unpaired) electrons. The molecule has 0 saturated heterocycles. The molecular formula is C27H30O2P+. The number of benzene rings is 3. The summed E-state index contributed by atoms with van der Waals surface area (Å²) in [5.74, 6) is 0.997. The van der Waals surface area contributed by atoms with Gasteiger partial charge in [-0.2, -0.15) is 0 Å². The molecule has 0 saturated carbocycles. The second kappa shape index (κ2) is 10.5. The van der Waals surface area contributed by atoms with Gasteiger partial charge in [0.1, 0.15) is 48.4 Å². The van der Waals surface area contributed by atoms with Gasteiger partial charge in [-0.25, -0.2) is 0 Å². The lowest BCUT2D eigenvalue weighted by Crippen LogP contribution is -2.33. The molecule has 0 spiro atoms. The van der Waals surface area contributed by atoms with Crippen LogP contribution >= 0.6 is 7.26 Å². The van der Waals surface area contributed by atoms with E-state index in [0.717, 1.165) is 18.6 Å². The number of unbranched alkanes of at least 4 members (excludes halogenated alkanes) is 2. The first-order valence-electron chi connectivity index (χ1n) is 10.9. The monoisotopic (exact) mass is 417 g/mol. The predicted octanol–water partition coefficient (Wildman–Crippen LogP) is 5.43. The van der Waals surface area contributed by atoms with Gasteiger partial charge >= 0.3 is 0 Å². The first-order valence-corrected chi connectivity index (χ1v) is 12.9. The Kier molecular flexibility index (Phi) is 7.21. The summed E-state index contributed by atoms with van der Waals surface area (Å²) in [7, 11) is -1.70. The second-order valence-electron chi connectivity index (χ2n) is 7.65. The van der Waals surface area contributed by atoms with Crippen LogP contribution in [0.25, 0.3) is 0 Å². The van der Waals surface area contributed by atoms with Gasteiger partial charge in [-0.1, -0.05) is 54.6 Å². The molecule has 1 heterocycles. The SMILES string of the molecule is C1=C(CCCCC[P+](c2ccccc2)(c2ccccc2)c2ccccc2)OCCO1. The van der Waals surface area contributed by atoms with E-state index in [0.29, 0.717) is 13.2 Å². The van der Waals surface area contributed by atoms with E-state index in [4.69, 9.17) is 9.47 Å². The lowest BCUT2D eigenvalue weighted by molar-refractivity contribution is 0.0785. The van der Waals surface area contributed by atoms with Gasteiger partial charge in [-0.3, -0.25) is 0 Å². The third-order valence-electron chi connectivity index (χ3n) is 5.71. The maximum absolute atomic E-state index is 5.68. The van der Waals surface area contributed by atoms with Crippen molar-refractivity contribution in [2.45, 2.75) is 25.7 Å². The molecule has 2 nitrogen and oxygen atoms in total. The van der Waals surface area contributed by atoms with Gasteiger partial charge < -0.3 is 9.47 Å². The van der Waals surface area contributed by atoms with E-state index in [1.165, 1.54) is 34.9 Å². The van der Waals surface area contributed by atoms with Gasteiger partial charge in [-0.05, 0) is 55.7 Å². The van der Waals surface area contributed by atoms with E-state index in [-0.39, 0.29) is 0 Å². The average Bonchev–Trinajstić information content (AvgIpc) is 2.84. The molecule has 0 unspecified atom stereocenters. The van der Waals surface area contributed by atoms with E-state index < -0.39 is 7.26 Å². The molecule has 1 aliphatic rings. The zero-order valence-corrected chi connectivity index (χ0v) is 18.3. The Morgan fingerprint density at radius 3 is 1.60 bits per heavy atom. The maximum Gasteiger partial charge on any atom is 0.130 e. The van der Waals surface area contributed by atoms with Crippen LogP contribution in [0, 0.1) is 0 Å². The average molecular weight is 418 g/mol. The minimum absolute atomic E-state index is 0.668. The number of hydrogen-bond acceptors (Lipinski definition) is 2. The van der Waals surface area contributed by atoms with Gasteiger partial charge in [0, 0.05) is 6.42 Å². The van der Waals surface area contributed by atoms with Crippen LogP contribution in [0.1, 0.15) is 25.7 Å². The highest BCUT2D eigenvalue weighted by atomic mass is 31.2. The summed E-state index contributed by atoms with van der Waals surface area (Å²) in [5.41, 5.74) is 0. The Balaban J connectivity index is 1.59. The lowest BCUT2D eigenvalue weighted by atomic mass is 10.2. The fraction of sp³-hybridized carbons (Fsp3) is 0.259. The Morgan fingerprint density at radius 1 is 0.600 bits per heavy atom. The largest absolute Gasteiger partial charge is 0.494 e. The van der Waals surface area contributed by atoms with Gasteiger partial charge in [0.15, 0.2) is 0 Å². The highest BCUT2D eigenvalue weighted by molar-refractivity contribution is 7.95. The highest BCUT2D eigenvalue weighted by Crippen LogP contribution is 2.56. The summed E-state index contributed by atoms with van der Waals surface area (Å²) >= 11 is 0. The molecule has 0 amide bonds. The van der Waals surface area contributed by atoms with Crippen molar-refractivity contribution in [2.24, 2.45) is 0 Å². The molecular weight excluding hydrogens is 387 g/mol. The van der Waals surface area contributed by atoms with Crippen LogP contribution in [-0.4, -0.2) is 19.4 Å². The zero-order valence-electron chi connectivity index (χ0n) is 17.5. The molecule has 0 N–H and O–H groups in total.